The van der Waals surface area contributed by atoms with E-state index in [0.29, 0.717) is 0 Å². The molecule has 0 aliphatic carbocycles. The molecule has 0 bridgehead atoms. The fourth-order valence-electron chi connectivity index (χ4n) is 0.0464. The molecule has 50 valence electrons. The first kappa shape index (κ1) is 12.4. The van der Waals surface area contributed by atoms with E-state index >= 15 is 0 Å². The quantitative estimate of drug-likeness (QED) is 0.150. The van der Waals surface area contributed by atoms with Crippen molar-refractivity contribution < 1.29 is 62.2 Å². The van der Waals surface area contributed by atoms with Crippen LogP contribution in [0.15, 0.2) is 0 Å². The normalized spacial score (nSPS) is 10.4. The summed E-state index contributed by atoms with van der Waals surface area (Å²) >= 11 is 0. The van der Waals surface area contributed by atoms with Gasteiger partial charge in [-0.3, -0.25) is 0 Å². The van der Waals surface area contributed by atoms with Crippen molar-refractivity contribution in [2.45, 2.75) is 0 Å². The third-order valence-electron chi connectivity index (χ3n) is 0.142. The molecule has 1 N–H and O–H groups in total. The van der Waals surface area contributed by atoms with E-state index in [0.717, 1.165) is 0 Å². The SMILES string of the molecule is O=S(=O)([O-])OOOO.[Na+]. The predicted octanol–water partition coefficient (Wildman–Crippen LogP) is -4.20. The summed E-state index contributed by atoms with van der Waals surface area (Å²) in [5.41, 5.74) is 0. The topological polar surface area (TPSA) is 105 Å². The van der Waals surface area contributed by atoms with Crippen LogP contribution in [0.3, 0.4) is 0 Å². The van der Waals surface area contributed by atoms with Crippen molar-refractivity contribution in [3.63, 3.8) is 0 Å². The molecule has 0 aromatic rings. The first-order chi connectivity index (χ1) is 3.56. The Morgan fingerprint density at radius 2 is 1.89 bits per heavy atom. The molecule has 0 aromatic carbocycles. The van der Waals surface area contributed by atoms with Gasteiger partial charge >= 0.3 is 29.6 Å². The predicted molar refractivity (Wildman–Crippen MR) is 15.6 cm³/mol. The van der Waals surface area contributed by atoms with Gasteiger partial charge < -0.3 is 4.55 Å². The summed E-state index contributed by atoms with van der Waals surface area (Å²) in [5, 5.41) is 12.6. The van der Waals surface area contributed by atoms with E-state index in [9.17, 15) is 13.0 Å². The summed E-state index contributed by atoms with van der Waals surface area (Å²) in [7, 11) is -4.94. The van der Waals surface area contributed by atoms with E-state index in [2.05, 4.69) is 14.4 Å². The maximum absolute atomic E-state index is 9.30. The molecule has 0 radical (unpaired) electrons. The molecular formula is HNaO7S. The van der Waals surface area contributed by atoms with Gasteiger partial charge in [0.05, 0.1) is 0 Å². The first-order valence-corrected chi connectivity index (χ1v) is 2.52. The van der Waals surface area contributed by atoms with E-state index in [4.69, 9.17) is 5.26 Å². The van der Waals surface area contributed by atoms with Gasteiger partial charge in [0.2, 0.25) is 10.4 Å². The Morgan fingerprint density at radius 3 is 2.00 bits per heavy atom. The van der Waals surface area contributed by atoms with Crippen LogP contribution in [0.5, 0.6) is 0 Å². The standard InChI is InChI=1S/Na.H2O7S/c;1-5-6-7-8(2,3)4/h;1H,(H,2,3,4)/q+1;/p-1. The summed E-state index contributed by atoms with van der Waals surface area (Å²) < 4.78 is 30.7. The Labute approximate surface area is 72.5 Å². The van der Waals surface area contributed by atoms with Crippen molar-refractivity contribution in [1.82, 2.24) is 0 Å². The van der Waals surface area contributed by atoms with Crippen LogP contribution in [0.1, 0.15) is 0 Å². The van der Waals surface area contributed by atoms with Crippen LogP contribution >= 0.6 is 0 Å². The van der Waals surface area contributed by atoms with Crippen LogP contribution in [-0.4, -0.2) is 18.2 Å². The van der Waals surface area contributed by atoms with Crippen LogP contribution in [0.2, 0.25) is 0 Å². The van der Waals surface area contributed by atoms with Gasteiger partial charge in [-0.15, -0.1) is 0 Å². The Kier molecular flexibility index (Phi) is 7.63. The van der Waals surface area contributed by atoms with E-state index in [1.54, 1.807) is 0 Å². The monoisotopic (exact) mass is 168 g/mol. The zero-order valence-corrected chi connectivity index (χ0v) is 7.12. The van der Waals surface area contributed by atoms with Crippen LogP contribution < -0.4 is 29.6 Å². The van der Waals surface area contributed by atoms with Gasteiger partial charge in [0.1, 0.15) is 0 Å². The largest absolute Gasteiger partial charge is 1.00 e. The number of hydrogen-bond donors (Lipinski definition) is 1. The third-order valence-corrected chi connectivity index (χ3v) is 0.364. The zero-order chi connectivity index (χ0) is 6.62. The molecular weight excluding hydrogens is 167 g/mol. The average Bonchev–Trinajstić information content (AvgIpc) is 1.59. The number of rotatable bonds is 3. The van der Waals surface area contributed by atoms with Crippen molar-refractivity contribution in [2.24, 2.45) is 0 Å². The van der Waals surface area contributed by atoms with E-state index in [1.165, 1.54) is 0 Å². The maximum atomic E-state index is 9.30. The Balaban J connectivity index is 0. The van der Waals surface area contributed by atoms with Crippen LogP contribution in [0, 0.1) is 0 Å². The molecule has 0 heterocycles. The van der Waals surface area contributed by atoms with Gasteiger partial charge in [-0.1, -0.05) is 4.33 Å². The molecule has 0 saturated carbocycles. The van der Waals surface area contributed by atoms with Crippen molar-refractivity contribution in [3.8, 4) is 0 Å². The average molecular weight is 168 g/mol. The second-order valence-electron chi connectivity index (χ2n) is 0.619. The Bertz CT molecular complexity index is 133. The Hall–Kier alpha value is 0.750. The van der Waals surface area contributed by atoms with Gasteiger partial charge in [0, 0.05) is 0 Å². The molecule has 0 spiro atoms. The smallest absolute Gasteiger partial charge is 0.724 e. The van der Waals surface area contributed by atoms with Gasteiger partial charge in [-0.25, -0.2) is 13.7 Å². The van der Waals surface area contributed by atoms with Gasteiger partial charge in [0.15, 0.2) is 0 Å². The fraction of sp³-hybridized carbons (Fsp3) is 0. The second kappa shape index (κ2) is 5.53. The minimum atomic E-state index is -4.94. The summed E-state index contributed by atoms with van der Waals surface area (Å²) in [6, 6.07) is 0. The third kappa shape index (κ3) is 12.1. The molecule has 0 amide bonds. The van der Waals surface area contributed by atoms with Crippen molar-refractivity contribution >= 4 is 10.4 Å². The summed E-state index contributed by atoms with van der Waals surface area (Å²) in [6.07, 6.45) is 0. The first-order valence-electron chi connectivity index (χ1n) is 1.18. The molecule has 0 saturated heterocycles. The minimum Gasteiger partial charge on any atom is -0.724 e. The van der Waals surface area contributed by atoms with Gasteiger partial charge in [-0.2, -0.15) is 0 Å². The molecule has 0 rings (SSSR count). The van der Waals surface area contributed by atoms with Crippen molar-refractivity contribution in [3.05, 3.63) is 0 Å². The summed E-state index contributed by atoms with van der Waals surface area (Å²) in [5.74, 6) is 0. The molecule has 7 nitrogen and oxygen atoms in total. The second-order valence-corrected chi connectivity index (χ2v) is 1.57. The number of hydrogen-bond acceptors (Lipinski definition) is 7. The van der Waals surface area contributed by atoms with Crippen molar-refractivity contribution in [2.75, 3.05) is 0 Å². The van der Waals surface area contributed by atoms with E-state index < -0.39 is 10.4 Å². The van der Waals surface area contributed by atoms with Crippen LogP contribution in [0.25, 0.3) is 0 Å². The summed E-state index contributed by atoms with van der Waals surface area (Å²) in [4.78, 5) is 0. The summed E-state index contributed by atoms with van der Waals surface area (Å²) in [6.45, 7) is 0. The fourth-order valence-corrected chi connectivity index (χ4v) is 0.139. The van der Waals surface area contributed by atoms with Crippen LogP contribution in [-0.2, 0) is 24.8 Å². The minimum absolute atomic E-state index is 0. The molecule has 0 aliphatic heterocycles. The van der Waals surface area contributed by atoms with Gasteiger partial charge in [0.25, 0.3) is 0 Å². The maximum Gasteiger partial charge on any atom is 1.00 e. The molecule has 0 aromatic heterocycles. The molecule has 0 aliphatic rings. The van der Waals surface area contributed by atoms with Crippen molar-refractivity contribution in [1.29, 1.82) is 0 Å². The van der Waals surface area contributed by atoms with E-state index in [1.807, 2.05) is 0 Å². The molecule has 9 heavy (non-hydrogen) atoms. The zero-order valence-electron chi connectivity index (χ0n) is 4.30. The van der Waals surface area contributed by atoms with E-state index in [-0.39, 0.29) is 29.6 Å². The van der Waals surface area contributed by atoms with Gasteiger partial charge in [-0.05, 0) is 10.1 Å². The molecule has 0 fully saturated rings. The molecule has 0 unspecified atom stereocenters. The molecule has 9 heteroatoms. The molecule has 0 atom stereocenters. The Morgan fingerprint density at radius 1 is 1.44 bits per heavy atom. The van der Waals surface area contributed by atoms with Crippen LogP contribution in [0.4, 0.5) is 0 Å².